The van der Waals surface area contributed by atoms with Crippen molar-refractivity contribution in [2.45, 2.75) is 6.92 Å². The summed E-state index contributed by atoms with van der Waals surface area (Å²) in [5.41, 5.74) is 2.52. The van der Waals surface area contributed by atoms with Crippen molar-refractivity contribution in [2.24, 2.45) is 7.05 Å². The van der Waals surface area contributed by atoms with Crippen LogP contribution in [0.2, 0.25) is 0 Å². The Labute approximate surface area is 127 Å². The third-order valence-electron chi connectivity index (χ3n) is 3.16. The van der Waals surface area contributed by atoms with E-state index in [0.29, 0.717) is 12.4 Å². The minimum atomic E-state index is -0.398. The fraction of sp³-hybridized carbons (Fsp3) is 0.267. The number of aromatic nitrogens is 4. The largest absolute Gasteiger partial charge is 0.480 e. The molecule has 0 amide bonds. The summed E-state index contributed by atoms with van der Waals surface area (Å²) in [6.07, 6.45) is 8.94. The maximum Gasteiger partial charge on any atom is 0.344 e. The molecule has 3 heterocycles. The van der Waals surface area contributed by atoms with Gasteiger partial charge in [-0.05, 0) is 13.0 Å². The maximum atomic E-state index is 11.5. The number of fused-ring (bicyclic) bond motifs is 1. The molecule has 0 aliphatic carbocycles. The number of nitrogens with zero attached hydrogens (tertiary/aromatic N) is 4. The van der Waals surface area contributed by atoms with E-state index in [2.05, 4.69) is 10.1 Å². The second-order valence-electron chi connectivity index (χ2n) is 4.74. The first-order chi connectivity index (χ1) is 10.7. The van der Waals surface area contributed by atoms with Crippen molar-refractivity contribution in [1.82, 2.24) is 19.2 Å². The fourth-order valence-electron chi connectivity index (χ4n) is 2.18. The number of aryl methyl sites for hydroxylation is 1. The normalized spacial score (nSPS) is 10.8. The molecule has 7 heteroatoms. The molecule has 3 aromatic heterocycles. The van der Waals surface area contributed by atoms with Gasteiger partial charge in [0.25, 0.3) is 0 Å². The molecule has 0 unspecified atom stereocenters. The average Bonchev–Trinajstić information content (AvgIpc) is 3.12. The van der Waals surface area contributed by atoms with E-state index in [0.717, 1.165) is 16.8 Å². The van der Waals surface area contributed by atoms with E-state index in [1.165, 1.54) is 0 Å². The van der Waals surface area contributed by atoms with Gasteiger partial charge < -0.3 is 13.9 Å². The van der Waals surface area contributed by atoms with E-state index in [-0.39, 0.29) is 6.61 Å². The average molecular weight is 300 g/mol. The molecule has 114 valence electrons. The van der Waals surface area contributed by atoms with Crippen LogP contribution in [0.15, 0.2) is 37.1 Å². The van der Waals surface area contributed by atoms with Crippen LogP contribution < -0.4 is 4.74 Å². The van der Waals surface area contributed by atoms with Crippen molar-refractivity contribution in [2.75, 3.05) is 13.2 Å². The maximum absolute atomic E-state index is 11.5. The third kappa shape index (κ3) is 2.78. The van der Waals surface area contributed by atoms with Crippen LogP contribution in [0.5, 0.6) is 5.75 Å². The van der Waals surface area contributed by atoms with E-state index in [1.54, 1.807) is 30.2 Å². The van der Waals surface area contributed by atoms with Gasteiger partial charge in [0.1, 0.15) is 11.4 Å². The Morgan fingerprint density at radius 1 is 1.36 bits per heavy atom. The smallest absolute Gasteiger partial charge is 0.344 e. The van der Waals surface area contributed by atoms with E-state index < -0.39 is 5.97 Å². The van der Waals surface area contributed by atoms with Gasteiger partial charge in [-0.15, -0.1) is 0 Å². The van der Waals surface area contributed by atoms with Crippen LogP contribution in [0, 0.1) is 0 Å². The van der Waals surface area contributed by atoms with Crippen molar-refractivity contribution in [3.63, 3.8) is 0 Å². The molecule has 0 radical (unpaired) electrons. The zero-order chi connectivity index (χ0) is 15.5. The second kappa shape index (κ2) is 5.88. The molecule has 0 N–H and O–H groups in total. The molecule has 3 aromatic rings. The summed E-state index contributed by atoms with van der Waals surface area (Å²) in [6.45, 7) is 1.95. The van der Waals surface area contributed by atoms with Crippen LogP contribution in [0.3, 0.4) is 0 Å². The highest BCUT2D eigenvalue weighted by Crippen LogP contribution is 2.30. The number of carbonyl (C=O) groups excluding carboxylic acids is 1. The number of hydrogen-bond acceptors (Lipinski definition) is 5. The molecular weight excluding hydrogens is 284 g/mol. The lowest BCUT2D eigenvalue weighted by Crippen LogP contribution is -2.15. The van der Waals surface area contributed by atoms with Crippen molar-refractivity contribution in [3.05, 3.63) is 37.1 Å². The molecule has 0 aliphatic heterocycles. The molecule has 22 heavy (non-hydrogen) atoms. The van der Waals surface area contributed by atoms with Crippen LogP contribution in [-0.4, -0.2) is 38.3 Å². The summed E-state index contributed by atoms with van der Waals surface area (Å²) in [6, 6.07) is 1.90. The molecular formula is C15H16N4O3. The molecule has 0 aliphatic rings. The number of imidazole rings is 1. The summed E-state index contributed by atoms with van der Waals surface area (Å²) in [4.78, 5) is 15.8. The second-order valence-corrected chi connectivity index (χ2v) is 4.74. The van der Waals surface area contributed by atoms with Gasteiger partial charge in [0.2, 0.25) is 0 Å². The van der Waals surface area contributed by atoms with E-state index in [4.69, 9.17) is 9.47 Å². The number of hydrogen-bond donors (Lipinski definition) is 0. The summed E-state index contributed by atoms with van der Waals surface area (Å²) >= 11 is 0. The first kappa shape index (κ1) is 14.1. The van der Waals surface area contributed by atoms with Crippen LogP contribution in [-0.2, 0) is 16.6 Å². The summed E-state index contributed by atoms with van der Waals surface area (Å²) in [7, 11) is 1.84. The first-order valence-electron chi connectivity index (χ1n) is 6.91. The Morgan fingerprint density at radius 3 is 2.95 bits per heavy atom. The number of rotatable bonds is 5. The van der Waals surface area contributed by atoms with E-state index in [9.17, 15) is 4.79 Å². The van der Waals surface area contributed by atoms with Gasteiger partial charge in [-0.3, -0.25) is 4.68 Å². The SMILES string of the molecule is CCOC(=O)COc1cn2ccnc2cc1-c1cnn(C)c1. The minimum absolute atomic E-state index is 0.138. The molecule has 0 fully saturated rings. The molecule has 0 saturated carbocycles. The third-order valence-corrected chi connectivity index (χ3v) is 3.16. The molecule has 0 spiro atoms. The van der Waals surface area contributed by atoms with Crippen molar-refractivity contribution in [1.29, 1.82) is 0 Å². The van der Waals surface area contributed by atoms with Crippen molar-refractivity contribution < 1.29 is 14.3 Å². The number of carbonyl (C=O) groups is 1. The lowest BCUT2D eigenvalue weighted by molar-refractivity contribution is -0.145. The van der Waals surface area contributed by atoms with Gasteiger partial charge >= 0.3 is 5.97 Å². The Morgan fingerprint density at radius 2 is 2.23 bits per heavy atom. The first-order valence-corrected chi connectivity index (χ1v) is 6.91. The standard InChI is InChI=1S/C15H16N4O3/c1-3-21-15(20)10-22-13-9-19-5-4-16-14(19)6-12(13)11-7-17-18(2)8-11/h4-9H,3,10H2,1-2H3. The van der Waals surface area contributed by atoms with Crippen molar-refractivity contribution >= 4 is 11.6 Å². The number of ether oxygens (including phenoxy) is 2. The highest BCUT2D eigenvalue weighted by molar-refractivity contribution is 5.75. The quantitative estimate of drug-likeness (QED) is 0.670. The van der Waals surface area contributed by atoms with Gasteiger partial charge in [-0.2, -0.15) is 5.10 Å². The predicted molar refractivity (Wildman–Crippen MR) is 79.5 cm³/mol. The monoisotopic (exact) mass is 300 g/mol. The van der Waals surface area contributed by atoms with E-state index in [1.807, 2.05) is 29.9 Å². The fourth-order valence-corrected chi connectivity index (χ4v) is 2.18. The summed E-state index contributed by atoms with van der Waals surface area (Å²) in [5.74, 6) is 0.178. The van der Waals surface area contributed by atoms with Gasteiger partial charge in [0.05, 0.1) is 19.0 Å². The Bertz CT molecular complexity index is 806. The van der Waals surface area contributed by atoms with Crippen LogP contribution in [0.4, 0.5) is 0 Å². The lowest BCUT2D eigenvalue weighted by atomic mass is 10.1. The predicted octanol–water partition coefficient (Wildman–Crippen LogP) is 1.68. The van der Waals surface area contributed by atoms with E-state index >= 15 is 0 Å². The molecule has 3 rings (SSSR count). The van der Waals surface area contributed by atoms with Crippen molar-refractivity contribution in [3.8, 4) is 16.9 Å². The van der Waals surface area contributed by atoms with Crippen LogP contribution in [0.25, 0.3) is 16.8 Å². The highest BCUT2D eigenvalue weighted by Gasteiger charge is 2.13. The van der Waals surface area contributed by atoms with Gasteiger partial charge in [0.15, 0.2) is 6.61 Å². The Hall–Kier alpha value is -2.83. The highest BCUT2D eigenvalue weighted by atomic mass is 16.6. The number of esters is 1. The summed E-state index contributed by atoms with van der Waals surface area (Å²) in [5, 5.41) is 4.17. The molecule has 7 nitrogen and oxygen atoms in total. The molecule has 0 bridgehead atoms. The van der Waals surface area contributed by atoms with Gasteiger partial charge in [-0.1, -0.05) is 0 Å². The Kier molecular flexibility index (Phi) is 3.78. The van der Waals surface area contributed by atoms with Crippen LogP contribution >= 0.6 is 0 Å². The zero-order valence-corrected chi connectivity index (χ0v) is 12.4. The Balaban J connectivity index is 1.96. The number of pyridine rings is 1. The van der Waals surface area contributed by atoms with Gasteiger partial charge in [-0.25, -0.2) is 9.78 Å². The zero-order valence-electron chi connectivity index (χ0n) is 12.4. The summed E-state index contributed by atoms with van der Waals surface area (Å²) < 4.78 is 14.1. The molecule has 0 saturated heterocycles. The van der Waals surface area contributed by atoms with Gasteiger partial charge in [0, 0.05) is 36.8 Å². The molecule has 0 atom stereocenters. The topological polar surface area (TPSA) is 70.7 Å². The van der Waals surface area contributed by atoms with Crippen LogP contribution in [0.1, 0.15) is 6.92 Å². The minimum Gasteiger partial charge on any atom is -0.480 e. The molecule has 0 aromatic carbocycles. The lowest BCUT2D eigenvalue weighted by Gasteiger charge is -2.11.